The maximum Gasteiger partial charge on any atom is 0.289 e. The summed E-state index contributed by atoms with van der Waals surface area (Å²) in [6.07, 6.45) is 1.69. The van der Waals surface area contributed by atoms with E-state index in [4.69, 9.17) is 47.0 Å². The quantitative estimate of drug-likeness (QED) is 0.458. The van der Waals surface area contributed by atoms with Gasteiger partial charge in [0.25, 0.3) is 5.24 Å². The topological polar surface area (TPSA) is 29.1 Å². The van der Waals surface area contributed by atoms with E-state index in [0.29, 0.717) is 30.5 Å². The number of hydrogen-bond acceptors (Lipinski definition) is 3. The molecule has 0 aromatic heterocycles. The highest BCUT2D eigenvalue weighted by atomic mass is 35.5. The number of halogens is 3. The van der Waals surface area contributed by atoms with Crippen LogP contribution < -0.4 is 5.32 Å². The van der Waals surface area contributed by atoms with Crippen molar-refractivity contribution in [2.24, 2.45) is 0 Å². The molecular weight excluding hydrogens is 321 g/mol. The second kappa shape index (κ2) is 5.16. The fraction of sp³-hybridized carbons (Fsp3) is 0. The van der Waals surface area contributed by atoms with E-state index in [1.54, 1.807) is 18.2 Å². The minimum Gasteiger partial charge on any atom is -0.307 e. The molecule has 1 aromatic rings. The summed E-state index contributed by atoms with van der Waals surface area (Å²) in [5.74, 6) is 0. The Kier molecular flexibility index (Phi) is 4.00. The van der Waals surface area contributed by atoms with Crippen molar-refractivity contribution in [1.29, 1.82) is 0 Å². The van der Waals surface area contributed by atoms with Crippen molar-refractivity contribution >= 4 is 75.1 Å². The highest BCUT2D eigenvalue weighted by Gasteiger charge is 2.22. The summed E-state index contributed by atoms with van der Waals surface area (Å²) in [7, 11) is 0. The van der Waals surface area contributed by atoms with Gasteiger partial charge in [0.05, 0.1) is 15.0 Å². The van der Waals surface area contributed by atoms with Gasteiger partial charge in [-0.3, -0.25) is 4.79 Å². The molecule has 88 valence electrons. The van der Waals surface area contributed by atoms with E-state index in [9.17, 15) is 4.79 Å². The predicted octanol–water partition coefficient (Wildman–Crippen LogP) is 4.77. The zero-order valence-electron chi connectivity index (χ0n) is 8.09. The Bertz CT molecular complexity index is 557. The minimum absolute atomic E-state index is 0.203. The van der Waals surface area contributed by atoms with Crippen molar-refractivity contribution < 1.29 is 4.79 Å². The van der Waals surface area contributed by atoms with Crippen molar-refractivity contribution in [3.05, 3.63) is 37.7 Å². The van der Waals surface area contributed by atoms with Crippen LogP contribution in [0, 0.1) is 0 Å². The van der Waals surface area contributed by atoms with Crippen molar-refractivity contribution in [1.82, 2.24) is 5.32 Å². The van der Waals surface area contributed by atoms with Gasteiger partial charge in [-0.25, -0.2) is 0 Å². The van der Waals surface area contributed by atoms with E-state index in [-0.39, 0.29) is 5.24 Å². The summed E-state index contributed by atoms with van der Waals surface area (Å²) < 4.78 is 0. The van der Waals surface area contributed by atoms with Crippen molar-refractivity contribution in [2.75, 3.05) is 0 Å². The highest BCUT2D eigenvalue weighted by Crippen LogP contribution is 2.34. The summed E-state index contributed by atoms with van der Waals surface area (Å²) in [6.45, 7) is 0. The fourth-order valence-electron chi connectivity index (χ4n) is 1.24. The number of benzene rings is 1. The van der Waals surface area contributed by atoms with Gasteiger partial charge in [-0.1, -0.05) is 47.0 Å². The Balaban J connectivity index is 2.46. The van der Waals surface area contributed by atoms with E-state index in [1.165, 1.54) is 0 Å². The first-order chi connectivity index (χ1) is 7.97. The lowest BCUT2D eigenvalue weighted by molar-refractivity contribution is 0.265. The highest BCUT2D eigenvalue weighted by molar-refractivity contribution is 8.19. The number of thioether (sulfide) groups is 1. The van der Waals surface area contributed by atoms with Crippen LogP contribution in [0.15, 0.2) is 17.0 Å². The molecule has 2 rings (SSSR count). The number of amides is 1. The molecule has 0 unspecified atom stereocenters. The van der Waals surface area contributed by atoms with Crippen LogP contribution in [0.25, 0.3) is 6.08 Å². The number of nitrogens with one attached hydrogen (secondary N) is 1. The number of hydrogen-bond donors (Lipinski definition) is 1. The van der Waals surface area contributed by atoms with Crippen LogP contribution in [-0.2, 0) is 0 Å². The summed E-state index contributed by atoms with van der Waals surface area (Å²) in [6, 6.07) is 3.21. The van der Waals surface area contributed by atoms with Crippen LogP contribution in [-0.4, -0.2) is 10.2 Å². The van der Waals surface area contributed by atoms with Gasteiger partial charge in [0.1, 0.15) is 4.99 Å². The van der Waals surface area contributed by atoms with Gasteiger partial charge >= 0.3 is 0 Å². The average Bonchev–Trinajstić information content (AvgIpc) is 2.53. The van der Waals surface area contributed by atoms with Crippen LogP contribution in [0.3, 0.4) is 0 Å². The van der Waals surface area contributed by atoms with Crippen LogP contribution >= 0.6 is 58.8 Å². The van der Waals surface area contributed by atoms with E-state index in [2.05, 4.69) is 5.32 Å². The molecule has 0 saturated carbocycles. The Labute approximate surface area is 122 Å². The second-order valence-corrected chi connectivity index (χ2v) is 5.79. The van der Waals surface area contributed by atoms with Crippen LogP contribution in [0.4, 0.5) is 4.79 Å². The molecule has 7 heteroatoms. The first kappa shape index (κ1) is 13.2. The molecule has 2 nitrogen and oxygen atoms in total. The molecule has 1 heterocycles. The third-order valence-electron chi connectivity index (χ3n) is 1.95. The largest absolute Gasteiger partial charge is 0.307 e. The lowest BCUT2D eigenvalue weighted by Gasteiger charge is -2.03. The molecule has 1 N–H and O–H groups in total. The molecule has 1 fully saturated rings. The Hall–Kier alpha value is -0.260. The van der Waals surface area contributed by atoms with Gasteiger partial charge in [-0.15, -0.1) is 0 Å². The second-order valence-electron chi connectivity index (χ2n) is 3.14. The van der Waals surface area contributed by atoms with Gasteiger partial charge in [-0.2, -0.15) is 0 Å². The number of carbonyl (C=O) groups is 1. The van der Waals surface area contributed by atoms with Gasteiger partial charge in [0.15, 0.2) is 0 Å². The summed E-state index contributed by atoms with van der Waals surface area (Å²) >= 11 is 23.8. The van der Waals surface area contributed by atoms with Crippen LogP contribution in [0.1, 0.15) is 5.56 Å². The van der Waals surface area contributed by atoms with E-state index in [1.807, 2.05) is 0 Å². The molecule has 1 saturated heterocycles. The standard InChI is InChI=1S/C10H4Cl3NOS2/c11-5-1-4(8(13)6(12)3-5)2-7-9(16)14-10(15)17-7/h1-3H,(H,14,15,16)/b7-2-. The molecule has 17 heavy (non-hydrogen) atoms. The number of rotatable bonds is 1. The minimum atomic E-state index is -0.203. The summed E-state index contributed by atoms with van der Waals surface area (Å²) in [5.41, 5.74) is 0.630. The van der Waals surface area contributed by atoms with Crippen molar-refractivity contribution in [3.63, 3.8) is 0 Å². The van der Waals surface area contributed by atoms with Crippen LogP contribution in [0.2, 0.25) is 15.1 Å². The van der Waals surface area contributed by atoms with Crippen molar-refractivity contribution in [3.8, 4) is 0 Å². The third kappa shape index (κ3) is 2.95. The maximum absolute atomic E-state index is 11.1. The number of thiocarbonyl (C=S) groups is 1. The monoisotopic (exact) mass is 323 g/mol. The molecule has 0 bridgehead atoms. The molecule has 1 aliphatic heterocycles. The SMILES string of the molecule is O=C1NC(=S)/C(=C/c2cc(Cl)cc(Cl)c2Cl)S1. The zero-order valence-corrected chi connectivity index (χ0v) is 12.0. The number of carbonyl (C=O) groups excluding carboxylic acids is 1. The third-order valence-corrected chi connectivity index (χ3v) is 4.27. The molecule has 0 spiro atoms. The lowest BCUT2D eigenvalue weighted by atomic mass is 10.2. The molecular formula is C10H4Cl3NOS2. The maximum atomic E-state index is 11.1. The summed E-state index contributed by atoms with van der Waals surface area (Å²) in [5, 5.41) is 3.52. The van der Waals surface area contributed by atoms with Gasteiger partial charge in [0, 0.05) is 5.02 Å². The first-order valence-corrected chi connectivity index (χ1v) is 6.72. The lowest BCUT2D eigenvalue weighted by Crippen LogP contribution is -2.15. The normalized spacial score (nSPS) is 17.7. The zero-order chi connectivity index (χ0) is 12.6. The molecule has 1 amide bonds. The van der Waals surface area contributed by atoms with Gasteiger partial charge in [0.2, 0.25) is 0 Å². The Morgan fingerprint density at radius 2 is 2.00 bits per heavy atom. The average molecular weight is 325 g/mol. The van der Waals surface area contributed by atoms with Crippen molar-refractivity contribution in [2.45, 2.75) is 0 Å². The molecule has 0 radical (unpaired) electrons. The predicted molar refractivity (Wildman–Crippen MR) is 78.2 cm³/mol. The molecule has 0 aliphatic carbocycles. The summed E-state index contributed by atoms with van der Waals surface area (Å²) in [4.78, 5) is 12.1. The smallest absolute Gasteiger partial charge is 0.289 e. The van der Waals surface area contributed by atoms with Gasteiger partial charge < -0.3 is 5.32 Å². The van der Waals surface area contributed by atoms with E-state index >= 15 is 0 Å². The molecule has 1 aliphatic rings. The van der Waals surface area contributed by atoms with Crippen LogP contribution in [0.5, 0.6) is 0 Å². The Morgan fingerprint density at radius 3 is 2.59 bits per heavy atom. The molecule has 1 aromatic carbocycles. The Morgan fingerprint density at radius 1 is 1.29 bits per heavy atom. The van der Waals surface area contributed by atoms with E-state index < -0.39 is 0 Å². The first-order valence-electron chi connectivity index (χ1n) is 4.37. The molecule has 0 atom stereocenters. The van der Waals surface area contributed by atoms with Gasteiger partial charge in [-0.05, 0) is 35.5 Å². The van der Waals surface area contributed by atoms with E-state index in [0.717, 1.165) is 11.8 Å². The fourth-order valence-corrected chi connectivity index (χ4v) is 2.94.